The van der Waals surface area contributed by atoms with Crippen molar-refractivity contribution in [2.45, 2.75) is 51.3 Å². The van der Waals surface area contributed by atoms with Crippen LogP contribution in [0.3, 0.4) is 0 Å². The minimum atomic E-state index is -0.503. The summed E-state index contributed by atoms with van der Waals surface area (Å²) in [6, 6.07) is 2.17. The summed E-state index contributed by atoms with van der Waals surface area (Å²) >= 11 is 0. The number of carbonyl (C=O) groups is 1. The number of amidine groups is 1. The van der Waals surface area contributed by atoms with E-state index in [9.17, 15) is 4.79 Å². The highest BCUT2D eigenvalue weighted by Gasteiger charge is 2.45. The highest BCUT2D eigenvalue weighted by molar-refractivity contribution is 5.96. The van der Waals surface area contributed by atoms with E-state index in [2.05, 4.69) is 15.4 Å². The van der Waals surface area contributed by atoms with Gasteiger partial charge >= 0.3 is 6.09 Å². The van der Waals surface area contributed by atoms with Crippen LogP contribution in [0.1, 0.15) is 39.3 Å². The van der Waals surface area contributed by atoms with E-state index in [4.69, 9.17) is 10.1 Å². The van der Waals surface area contributed by atoms with E-state index in [-0.39, 0.29) is 18.2 Å². The zero-order valence-electron chi connectivity index (χ0n) is 18.3. The third kappa shape index (κ3) is 3.76. The Hall–Kier alpha value is -2.97. The van der Waals surface area contributed by atoms with Gasteiger partial charge in [-0.25, -0.2) is 4.79 Å². The number of hydrogen-bond donors (Lipinski definition) is 2. The van der Waals surface area contributed by atoms with Crippen molar-refractivity contribution >= 4 is 11.9 Å². The number of carbonyl (C=O) groups excluding carboxylic acids is 1. The van der Waals surface area contributed by atoms with Gasteiger partial charge in [0.1, 0.15) is 17.1 Å². The smallest absolute Gasteiger partial charge is 0.410 e. The lowest BCUT2D eigenvalue weighted by Gasteiger charge is -2.42. The highest BCUT2D eigenvalue weighted by atomic mass is 16.6. The predicted molar refractivity (Wildman–Crippen MR) is 115 cm³/mol. The lowest BCUT2D eigenvalue weighted by atomic mass is 10.1. The zero-order chi connectivity index (χ0) is 21.6. The van der Waals surface area contributed by atoms with Crippen molar-refractivity contribution in [1.29, 1.82) is 5.41 Å². The van der Waals surface area contributed by atoms with Crippen LogP contribution >= 0.6 is 0 Å². The monoisotopic (exact) mass is 413 g/mol. The first-order chi connectivity index (χ1) is 14.2. The molecule has 9 nitrogen and oxygen atoms in total. The van der Waals surface area contributed by atoms with Gasteiger partial charge < -0.3 is 15.1 Å². The van der Waals surface area contributed by atoms with Crippen LogP contribution in [0, 0.1) is 5.41 Å². The minimum Gasteiger partial charge on any atom is -0.444 e. The first-order valence-corrected chi connectivity index (χ1v) is 10.4. The topological polar surface area (TPSA) is 91.4 Å². The van der Waals surface area contributed by atoms with E-state index >= 15 is 0 Å². The fourth-order valence-corrected chi connectivity index (χ4v) is 4.42. The second kappa shape index (κ2) is 7.37. The average molecular weight is 414 g/mol. The van der Waals surface area contributed by atoms with Crippen LogP contribution in [-0.2, 0) is 11.8 Å². The first kappa shape index (κ1) is 20.3. The average Bonchev–Trinajstić information content (AvgIpc) is 3.35. The molecule has 2 fully saturated rings. The normalized spacial score (nSPS) is 21.1. The third-order valence-electron chi connectivity index (χ3n) is 5.74. The number of nitrogens with one attached hydrogen (secondary N) is 2. The molecule has 2 aliphatic heterocycles. The van der Waals surface area contributed by atoms with E-state index in [0.29, 0.717) is 18.9 Å². The van der Waals surface area contributed by atoms with Gasteiger partial charge in [-0.05, 0) is 39.7 Å². The van der Waals surface area contributed by atoms with Crippen molar-refractivity contribution in [3.8, 4) is 11.1 Å². The summed E-state index contributed by atoms with van der Waals surface area (Å²) < 4.78 is 9.26. The van der Waals surface area contributed by atoms with E-state index < -0.39 is 5.60 Å². The van der Waals surface area contributed by atoms with Crippen LogP contribution < -0.4 is 5.43 Å². The highest BCUT2D eigenvalue weighted by Crippen LogP contribution is 2.33. The second-order valence-corrected chi connectivity index (χ2v) is 9.14. The van der Waals surface area contributed by atoms with Gasteiger partial charge in [-0.3, -0.25) is 19.7 Å². The number of nitrogens with zero attached hydrogens (tertiary/aromatic N) is 5. The maximum Gasteiger partial charge on any atom is 0.410 e. The summed E-state index contributed by atoms with van der Waals surface area (Å²) in [6.07, 6.45) is 7.42. The molecule has 2 atom stereocenters. The standard InChI is InChI=1S/C21H31N7O2/c1-21(2,3)30-20(29)28-16-6-7-17(28)13-26(12-16)19(22)18-8-14(11-27(18)23-4)15-9-24-25(5)10-15/h8-11,16-17,22-23H,6-7,12-13H2,1-5H3. The molecule has 0 aliphatic carbocycles. The number of rotatable bonds is 3. The molecule has 0 spiro atoms. The molecule has 30 heavy (non-hydrogen) atoms. The Labute approximate surface area is 177 Å². The molecule has 2 aliphatic rings. The summed E-state index contributed by atoms with van der Waals surface area (Å²) in [7, 11) is 3.73. The Balaban J connectivity index is 1.52. The molecule has 2 saturated heterocycles. The number of likely N-dealkylation sites (tertiary alicyclic amines) is 1. The summed E-state index contributed by atoms with van der Waals surface area (Å²) in [5, 5.41) is 13.1. The van der Waals surface area contributed by atoms with Gasteiger partial charge in [-0.2, -0.15) is 5.10 Å². The van der Waals surface area contributed by atoms with Crippen LogP contribution in [0.5, 0.6) is 0 Å². The van der Waals surface area contributed by atoms with E-state index in [1.807, 2.05) is 69.1 Å². The fourth-order valence-electron chi connectivity index (χ4n) is 4.42. The Morgan fingerprint density at radius 1 is 1.20 bits per heavy atom. The number of piperazine rings is 1. The zero-order valence-corrected chi connectivity index (χ0v) is 18.3. The van der Waals surface area contributed by atoms with Crippen molar-refractivity contribution in [1.82, 2.24) is 24.3 Å². The molecule has 9 heteroatoms. The number of aryl methyl sites for hydroxylation is 1. The molecule has 162 valence electrons. The molecule has 2 aromatic rings. The van der Waals surface area contributed by atoms with E-state index in [1.165, 1.54) is 0 Å². The van der Waals surface area contributed by atoms with Crippen molar-refractivity contribution < 1.29 is 9.53 Å². The third-order valence-corrected chi connectivity index (χ3v) is 5.74. The van der Waals surface area contributed by atoms with Crippen LogP contribution in [0.4, 0.5) is 4.79 Å². The van der Waals surface area contributed by atoms with Gasteiger partial charge in [0.2, 0.25) is 0 Å². The molecular weight excluding hydrogens is 382 g/mol. The van der Waals surface area contributed by atoms with Gasteiger partial charge in [0, 0.05) is 50.7 Å². The molecule has 4 heterocycles. The summed E-state index contributed by atoms with van der Waals surface area (Å²) in [4.78, 5) is 16.7. The number of aromatic nitrogens is 3. The molecule has 0 aromatic carbocycles. The molecular formula is C21H31N7O2. The summed E-state index contributed by atoms with van der Waals surface area (Å²) in [5.74, 6) is 0.459. The van der Waals surface area contributed by atoms with E-state index in [0.717, 1.165) is 29.7 Å². The Bertz CT molecular complexity index is 941. The molecule has 2 bridgehead atoms. The van der Waals surface area contributed by atoms with Gasteiger partial charge in [0.15, 0.2) is 0 Å². The molecule has 0 saturated carbocycles. The molecule has 1 amide bonds. The van der Waals surface area contributed by atoms with Crippen LogP contribution in [0.25, 0.3) is 11.1 Å². The predicted octanol–water partition coefficient (Wildman–Crippen LogP) is 2.47. The van der Waals surface area contributed by atoms with Gasteiger partial charge in [0.25, 0.3) is 0 Å². The first-order valence-electron chi connectivity index (χ1n) is 10.4. The number of amides is 1. The van der Waals surface area contributed by atoms with Crippen molar-refractivity contribution in [2.24, 2.45) is 7.05 Å². The van der Waals surface area contributed by atoms with E-state index in [1.54, 1.807) is 4.68 Å². The second-order valence-electron chi connectivity index (χ2n) is 9.14. The maximum absolute atomic E-state index is 12.7. The lowest BCUT2D eigenvalue weighted by Crippen LogP contribution is -2.58. The molecule has 2 unspecified atom stereocenters. The van der Waals surface area contributed by atoms with Gasteiger partial charge in [-0.1, -0.05) is 0 Å². The summed E-state index contributed by atoms with van der Waals surface area (Å²) in [5.41, 5.74) is 5.45. The minimum absolute atomic E-state index is 0.0785. The van der Waals surface area contributed by atoms with Gasteiger partial charge in [0.05, 0.1) is 18.3 Å². The maximum atomic E-state index is 12.7. The lowest BCUT2D eigenvalue weighted by molar-refractivity contribution is 0.00276. The molecule has 4 rings (SSSR count). The molecule has 2 aromatic heterocycles. The Morgan fingerprint density at radius 2 is 1.87 bits per heavy atom. The molecule has 2 N–H and O–H groups in total. The van der Waals surface area contributed by atoms with Crippen LogP contribution in [0.15, 0.2) is 24.7 Å². The largest absolute Gasteiger partial charge is 0.444 e. The van der Waals surface area contributed by atoms with Crippen molar-refractivity contribution in [3.63, 3.8) is 0 Å². The van der Waals surface area contributed by atoms with Crippen LogP contribution in [-0.4, -0.2) is 74.0 Å². The number of fused-ring (bicyclic) bond motifs is 2. The summed E-state index contributed by atoms with van der Waals surface area (Å²) in [6.45, 7) is 6.97. The quantitative estimate of drug-likeness (QED) is 0.596. The fraction of sp³-hybridized carbons (Fsp3) is 0.571. The Morgan fingerprint density at radius 3 is 2.40 bits per heavy atom. The number of hydrogen-bond acceptors (Lipinski definition) is 5. The SMILES string of the molecule is CNn1cc(-c2cnn(C)c2)cc1C(=N)N1CC2CCC(C1)N2C(=O)OC(C)(C)C. The molecule has 0 radical (unpaired) electrons. The van der Waals surface area contributed by atoms with Crippen molar-refractivity contribution in [2.75, 3.05) is 25.6 Å². The van der Waals surface area contributed by atoms with Crippen LogP contribution in [0.2, 0.25) is 0 Å². The Kier molecular flexibility index (Phi) is 4.99. The van der Waals surface area contributed by atoms with Gasteiger partial charge in [-0.15, -0.1) is 0 Å². The van der Waals surface area contributed by atoms with Crippen molar-refractivity contribution in [3.05, 3.63) is 30.4 Å². The number of ether oxygens (including phenoxy) is 1.